The largest absolute Gasteiger partial charge is 0.497 e. The Morgan fingerprint density at radius 1 is 1.21 bits per heavy atom. The molecule has 6 nitrogen and oxygen atoms in total. The van der Waals surface area contributed by atoms with Crippen LogP contribution in [-0.4, -0.2) is 24.7 Å². The monoisotopic (exact) mass is 330 g/mol. The summed E-state index contributed by atoms with van der Waals surface area (Å²) in [6.45, 7) is 1.61. The predicted molar refractivity (Wildman–Crippen MR) is 90.6 cm³/mol. The summed E-state index contributed by atoms with van der Waals surface area (Å²) in [7, 11) is 1.60. The Kier molecular flexibility index (Phi) is 6.54. The van der Waals surface area contributed by atoms with E-state index in [0.29, 0.717) is 6.54 Å². The van der Waals surface area contributed by atoms with Gasteiger partial charge in [-0.2, -0.15) is 0 Å². The number of hydrogen-bond acceptors (Lipinski definition) is 5. The third kappa shape index (κ3) is 5.22. The summed E-state index contributed by atoms with van der Waals surface area (Å²) < 4.78 is 5.10. The molecule has 24 heavy (non-hydrogen) atoms. The maximum absolute atomic E-state index is 12.5. The van der Waals surface area contributed by atoms with Crippen LogP contribution in [0.25, 0.3) is 0 Å². The first-order valence-electron chi connectivity index (χ1n) is 7.96. The van der Waals surface area contributed by atoms with Crippen LogP contribution in [0.1, 0.15) is 38.2 Å². The molecule has 2 rings (SSSR count). The second-order valence-electron chi connectivity index (χ2n) is 5.53. The van der Waals surface area contributed by atoms with Gasteiger partial charge >= 0.3 is 5.97 Å². The van der Waals surface area contributed by atoms with Gasteiger partial charge in [-0.1, -0.05) is 23.4 Å². The number of benzene rings is 1. The first kappa shape index (κ1) is 17.7. The number of nitrogens with one attached hydrogen (secondary N) is 1. The Labute approximate surface area is 141 Å². The molecular formula is C18H22N2O4. The lowest BCUT2D eigenvalue weighted by Crippen LogP contribution is -2.32. The SMILES string of the molecule is COc1ccc(CNC(=O)/C(=N/OC(C)=O)C2=CCCCC2)cc1. The quantitative estimate of drug-likeness (QED) is 0.494. The molecule has 1 aliphatic carbocycles. The maximum atomic E-state index is 12.5. The number of hydrogen-bond donors (Lipinski definition) is 1. The van der Waals surface area contributed by atoms with Gasteiger partial charge in [0, 0.05) is 13.5 Å². The van der Waals surface area contributed by atoms with Crippen LogP contribution in [-0.2, 0) is 21.0 Å². The number of methoxy groups -OCH3 is 1. The van der Waals surface area contributed by atoms with E-state index in [9.17, 15) is 9.59 Å². The van der Waals surface area contributed by atoms with Crippen molar-refractivity contribution in [1.82, 2.24) is 5.32 Å². The lowest BCUT2D eigenvalue weighted by Gasteiger charge is -2.14. The van der Waals surface area contributed by atoms with Gasteiger partial charge in [-0.3, -0.25) is 4.79 Å². The normalized spacial score (nSPS) is 14.6. The van der Waals surface area contributed by atoms with Crippen LogP contribution in [0.2, 0.25) is 0 Å². The van der Waals surface area contributed by atoms with Crippen molar-refractivity contribution in [2.75, 3.05) is 7.11 Å². The number of carbonyl (C=O) groups excluding carboxylic acids is 2. The maximum Gasteiger partial charge on any atom is 0.332 e. The number of nitrogens with zero attached hydrogens (tertiary/aromatic N) is 1. The number of amides is 1. The molecule has 1 aromatic rings. The standard InChI is InChI=1S/C18H22N2O4/c1-13(21)24-20-17(15-6-4-3-5-7-15)18(22)19-12-14-8-10-16(23-2)11-9-14/h6,8-11H,3-5,7,12H2,1-2H3,(H,19,22)/b20-17+. The molecule has 0 saturated heterocycles. The second-order valence-corrected chi connectivity index (χ2v) is 5.53. The molecule has 6 heteroatoms. The summed E-state index contributed by atoms with van der Waals surface area (Å²) in [5, 5.41) is 6.57. The highest BCUT2D eigenvalue weighted by Crippen LogP contribution is 2.19. The summed E-state index contributed by atoms with van der Waals surface area (Å²) in [6.07, 6.45) is 5.74. The zero-order valence-corrected chi connectivity index (χ0v) is 14.0. The van der Waals surface area contributed by atoms with Crippen molar-refractivity contribution in [2.24, 2.45) is 5.16 Å². The molecule has 0 bridgehead atoms. The predicted octanol–water partition coefficient (Wildman–Crippen LogP) is 2.73. The highest BCUT2D eigenvalue weighted by atomic mass is 16.7. The van der Waals surface area contributed by atoms with Gasteiger partial charge in [-0.25, -0.2) is 4.79 Å². The van der Waals surface area contributed by atoms with E-state index in [1.807, 2.05) is 30.3 Å². The smallest absolute Gasteiger partial charge is 0.332 e. The Morgan fingerprint density at radius 3 is 2.54 bits per heavy atom. The van der Waals surface area contributed by atoms with Crippen molar-refractivity contribution in [3.63, 3.8) is 0 Å². The molecule has 0 atom stereocenters. The van der Waals surface area contributed by atoms with E-state index in [0.717, 1.165) is 42.6 Å². The Morgan fingerprint density at radius 2 is 1.96 bits per heavy atom. The zero-order chi connectivity index (χ0) is 17.4. The van der Waals surface area contributed by atoms with Crippen LogP contribution in [0.15, 0.2) is 41.1 Å². The Hall–Kier alpha value is -2.63. The third-order valence-electron chi connectivity index (χ3n) is 3.69. The first-order chi connectivity index (χ1) is 11.6. The van der Waals surface area contributed by atoms with Gasteiger partial charge < -0.3 is 14.9 Å². The number of carbonyl (C=O) groups is 2. The molecule has 0 aromatic heterocycles. The molecule has 0 heterocycles. The van der Waals surface area contributed by atoms with Crippen molar-refractivity contribution in [2.45, 2.75) is 39.2 Å². The summed E-state index contributed by atoms with van der Waals surface area (Å²) in [4.78, 5) is 28.1. The van der Waals surface area contributed by atoms with Crippen molar-refractivity contribution in [1.29, 1.82) is 0 Å². The minimum Gasteiger partial charge on any atom is -0.497 e. The van der Waals surface area contributed by atoms with Crippen molar-refractivity contribution < 1.29 is 19.2 Å². The summed E-state index contributed by atoms with van der Waals surface area (Å²) in [6, 6.07) is 7.42. The van der Waals surface area contributed by atoms with E-state index in [2.05, 4.69) is 10.5 Å². The highest BCUT2D eigenvalue weighted by Gasteiger charge is 2.19. The van der Waals surface area contributed by atoms with Gasteiger partial charge in [0.1, 0.15) is 5.75 Å². The van der Waals surface area contributed by atoms with E-state index >= 15 is 0 Å². The molecule has 0 aliphatic heterocycles. The van der Waals surface area contributed by atoms with Gasteiger partial charge in [0.2, 0.25) is 0 Å². The summed E-state index contributed by atoms with van der Waals surface area (Å²) in [5.74, 6) is -0.137. The van der Waals surface area contributed by atoms with Crippen LogP contribution in [0.3, 0.4) is 0 Å². The van der Waals surface area contributed by atoms with Crippen molar-refractivity contribution in [3.05, 3.63) is 41.5 Å². The van der Waals surface area contributed by atoms with E-state index in [1.54, 1.807) is 7.11 Å². The van der Waals surface area contributed by atoms with E-state index < -0.39 is 5.97 Å². The first-order valence-corrected chi connectivity index (χ1v) is 7.96. The second kappa shape index (κ2) is 8.86. The van der Waals surface area contributed by atoms with Gasteiger partial charge in [-0.15, -0.1) is 0 Å². The van der Waals surface area contributed by atoms with Gasteiger partial charge in [-0.05, 0) is 49.0 Å². The van der Waals surface area contributed by atoms with E-state index in [-0.39, 0.29) is 11.6 Å². The topological polar surface area (TPSA) is 77.0 Å². The van der Waals surface area contributed by atoms with Crippen LogP contribution in [0.5, 0.6) is 5.75 Å². The van der Waals surface area contributed by atoms with Crippen LogP contribution in [0, 0.1) is 0 Å². The van der Waals surface area contributed by atoms with Crippen LogP contribution in [0.4, 0.5) is 0 Å². The van der Waals surface area contributed by atoms with Crippen LogP contribution >= 0.6 is 0 Å². The number of rotatable bonds is 6. The molecule has 0 saturated carbocycles. The fraction of sp³-hybridized carbons (Fsp3) is 0.389. The Balaban J connectivity index is 2.04. The van der Waals surface area contributed by atoms with E-state index in [4.69, 9.17) is 9.57 Å². The average Bonchev–Trinajstić information content (AvgIpc) is 2.61. The number of allylic oxidation sites excluding steroid dienone is 1. The number of ether oxygens (including phenoxy) is 1. The molecule has 128 valence electrons. The molecule has 0 unspecified atom stereocenters. The van der Waals surface area contributed by atoms with Gasteiger partial charge in [0.15, 0.2) is 5.71 Å². The van der Waals surface area contributed by atoms with Crippen molar-refractivity contribution in [3.8, 4) is 5.75 Å². The van der Waals surface area contributed by atoms with E-state index in [1.165, 1.54) is 6.92 Å². The zero-order valence-electron chi connectivity index (χ0n) is 14.0. The van der Waals surface area contributed by atoms with Gasteiger partial charge in [0.05, 0.1) is 7.11 Å². The van der Waals surface area contributed by atoms with Crippen LogP contribution < -0.4 is 10.1 Å². The van der Waals surface area contributed by atoms with Gasteiger partial charge in [0.25, 0.3) is 5.91 Å². The molecular weight excluding hydrogens is 308 g/mol. The molecule has 0 spiro atoms. The molecule has 1 N–H and O–H groups in total. The molecule has 1 aromatic carbocycles. The minimum atomic E-state index is -0.549. The molecule has 1 aliphatic rings. The minimum absolute atomic E-state index is 0.179. The lowest BCUT2D eigenvalue weighted by molar-refractivity contribution is -0.140. The molecule has 1 amide bonds. The fourth-order valence-electron chi connectivity index (χ4n) is 2.42. The lowest BCUT2D eigenvalue weighted by atomic mass is 9.95. The highest BCUT2D eigenvalue weighted by molar-refractivity contribution is 6.45. The molecule has 0 fully saturated rings. The summed E-state index contributed by atoms with van der Waals surface area (Å²) >= 11 is 0. The average molecular weight is 330 g/mol. The third-order valence-corrected chi connectivity index (χ3v) is 3.69. The van der Waals surface area contributed by atoms with Crippen molar-refractivity contribution >= 4 is 17.6 Å². The summed E-state index contributed by atoms with van der Waals surface area (Å²) in [5.41, 5.74) is 1.95. The number of oxime groups is 1. The molecule has 0 radical (unpaired) electrons. The Bertz CT molecular complexity index is 647. The fourth-order valence-corrected chi connectivity index (χ4v) is 2.42.